The van der Waals surface area contributed by atoms with Crippen LogP contribution < -0.4 is 5.73 Å². The zero-order valence-corrected chi connectivity index (χ0v) is 18.4. The number of amides is 2. The maximum absolute atomic E-state index is 13.4. The van der Waals surface area contributed by atoms with E-state index >= 15 is 0 Å². The lowest BCUT2D eigenvalue weighted by molar-refractivity contribution is -0.122. The van der Waals surface area contributed by atoms with Crippen molar-refractivity contribution >= 4 is 22.8 Å². The van der Waals surface area contributed by atoms with E-state index in [2.05, 4.69) is 9.97 Å². The van der Waals surface area contributed by atoms with Gasteiger partial charge < -0.3 is 15.8 Å². The number of primary amides is 1. The number of nitrogens with one attached hydrogen (secondary N) is 1. The summed E-state index contributed by atoms with van der Waals surface area (Å²) < 4.78 is 0. The van der Waals surface area contributed by atoms with Gasteiger partial charge in [-0.25, -0.2) is 4.98 Å². The number of carbonyl (C=O) groups excluding carboxylic acids is 2. The molecule has 0 saturated heterocycles. The first-order valence-electron chi connectivity index (χ1n) is 10.7. The van der Waals surface area contributed by atoms with Gasteiger partial charge in [-0.15, -0.1) is 0 Å². The van der Waals surface area contributed by atoms with Crippen molar-refractivity contribution in [2.75, 3.05) is 0 Å². The van der Waals surface area contributed by atoms with Gasteiger partial charge in [0.05, 0.1) is 11.0 Å². The lowest BCUT2D eigenvalue weighted by atomic mass is 9.92. The number of hydrogen-bond donors (Lipinski definition) is 3. The molecule has 0 fully saturated rings. The van der Waals surface area contributed by atoms with E-state index in [1.807, 2.05) is 36.4 Å². The van der Waals surface area contributed by atoms with Crippen LogP contribution in [-0.4, -0.2) is 31.8 Å². The third-order valence-corrected chi connectivity index (χ3v) is 6.44. The van der Waals surface area contributed by atoms with Crippen molar-refractivity contribution in [1.82, 2.24) is 14.9 Å². The summed E-state index contributed by atoms with van der Waals surface area (Å²) in [6.07, 6.45) is 0. The molecule has 1 unspecified atom stereocenters. The highest BCUT2D eigenvalue weighted by Gasteiger charge is 2.49. The number of benzene rings is 3. The highest BCUT2D eigenvalue weighted by molar-refractivity contribution is 6.00. The minimum Gasteiger partial charge on any atom is -0.369 e. The van der Waals surface area contributed by atoms with Crippen LogP contribution in [0, 0.1) is 0 Å². The molecule has 0 radical (unpaired) electrons. The van der Waals surface area contributed by atoms with Crippen LogP contribution in [0.2, 0.25) is 0 Å². The van der Waals surface area contributed by atoms with Crippen LogP contribution in [0.4, 0.5) is 0 Å². The highest BCUT2D eigenvalue weighted by Crippen LogP contribution is 2.43. The van der Waals surface area contributed by atoms with Crippen LogP contribution in [0.5, 0.6) is 0 Å². The Hall–Kier alpha value is -3.97. The average Bonchev–Trinajstić information content (AvgIpc) is 3.34. The molecule has 1 aromatic heterocycles. The van der Waals surface area contributed by atoms with Crippen LogP contribution >= 0.6 is 0 Å². The number of H-pyrrole nitrogens is 1. The minimum absolute atomic E-state index is 0.239. The zero-order chi connectivity index (χ0) is 23.4. The summed E-state index contributed by atoms with van der Waals surface area (Å²) in [5.74, 6) is -0.292. The van der Waals surface area contributed by atoms with Crippen LogP contribution in [0.25, 0.3) is 11.0 Å². The summed E-state index contributed by atoms with van der Waals surface area (Å²) >= 11 is 0. The monoisotopic (exact) mass is 440 g/mol. The van der Waals surface area contributed by atoms with Crippen molar-refractivity contribution in [3.8, 4) is 0 Å². The lowest BCUT2D eigenvalue weighted by Crippen LogP contribution is -2.44. The standard InChI is InChI=1S/C26H24N4O3/c1-25(2,23(27)32)24-28-20-13-12-17(14-21(20)29-24)26(33)19-11-7-6-10-18(19)22(31)30(26)15-16-8-4-3-5-9-16/h3-14,33H,15H2,1-2H3,(H2,27,32)(H,28,29). The number of fused-ring (bicyclic) bond motifs is 2. The quantitative estimate of drug-likeness (QED) is 0.442. The molecule has 2 amide bonds. The molecule has 7 heteroatoms. The molecule has 0 spiro atoms. The second-order valence-electron chi connectivity index (χ2n) is 8.90. The van der Waals surface area contributed by atoms with Crippen molar-refractivity contribution in [2.45, 2.75) is 31.5 Å². The minimum atomic E-state index is -1.66. The van der Waals surface area contributed by atoms with Crippen molar-refractivity contribution in [3.05, 3.63) is 101 Å². The first kappa shape index (κ1) is 20.9. The summed E-state index contributed by atoms with van der Waals surface area (Å²) in [6, 6.07) is 22.0. The van der Waals surface area contributed by atoms with Crippen molar-refractivity contribution in [2.24, 2.45) is 5.73 Å². The van der Waals surface area contributed by atoms with Gasteiger partial charge in [0.2, 0.25) is 5.91 Å². The van der Waals surface area contributed by atoms with E-state index in [4.69, 9.17) is 5.73 Å². The summed E-state index contributed by atoms with van der Waals surface area (Å²) in [7, 11) is 0. The molecule has 0 saturated carbocycles. The number of nitrogens with zero attached hydrogens (tertiary/aromatic N) is 2. The van der Waals surface area contributed by atoms with Crippen molar-refractivity contribution in [1.29, 1.82) is 0 Å². The summed E-state index contributed by atoms with van der Waals surface area (Å²) in [6.45, 7) is 3.65. The molecule has 1 atom stereocenters. The molecule has 3 aromatic carbocycles. The maximum Gasteiger partial charge on any atom is 0.257 e. The topological polar surface area (TPSA) is 112 Å². The normalized spacial score (nSPS) is 18.0. The van der Waals surface area contributed by atoms with E-state index in [1.165, 1.54) is 4.90 Å². The van der Waals surface area contributed by atoms with Gasteiger partial charge in [0.15, 0.2) is 5.72 Å². The molecule has 1 aliphatic rings. The van der Waals surface area contributed by atoms with E-state index in [0.717, 1.165) is 5.56 Å². The summed E-state index contributed by atoms with van der Waals surface area (Å²) in [4.78, 5) is 34.4. The predicted molar refractivity (Wildman–Crippen MR) is 124 cm³/mol. The molecule has 1 aliphatic heterocycles. The van der Waals surface area contributed by atoms with Gasteiger partial charge in [-0.2, -0.15) is 0 Å². The fourth-order valence-electron chi connectivity index (χ4n) is 4.31. The molecular weight excluding hydrogens is 416 g/mol. The number of aromatic nitrogens is 2. The third kappa shape index (κ3) is 3.12. The average molecular weight is 441 g/mol. The maximum atomic E-state index is 13.4. The Balaban J connectivity index is 1.65. The number of imidazole rings is 1. The van der Waals surface area contributed by atoms with Crippen molar-refractivity contribution < 1.29 is 14.7 Å². The van der Waals surface area contributed by atoms with Crippen LogP contribution in [0.3, 0.4) is 0 Å². The highest BCUT2D eigenvalue weighted by atomic mass is 16.3. The van der Waals surface area contributed by atoms with Crippen LogP contribution in [0.1, 0.15) is 46.7 Å². The molecule has 4 aromatic rings. The Morgan fingerprint density at radius 3 is 2.52 bits per heavy atom. The number of carbonyl (C=O) groups is 2. The van der Waals surface area contributed by atoms with E-state index in [-0.39, 0.29) is 12.5 Å². The number of nitrogens with two attached hydrogens (primary N) is 1. The molecule has 4 N–H and O–H groups in total. The second-order valence-corrected chi connectivity index (χ2v) is 8.90. The number of hydrogen-bond acceptors (Lipinski definition) is 4. The van der Waals surface area contributed by atoms with Gasteiger partial charge in [-0.05, 0) is 37.6 Å². The summed E-state index contributed by atoms with van der Waals surface area (Å²) in [5, 5.41) is 12.1. The zero-order valence-electron chi connectivity index (χ0n) is 18.4. The summed E-state index contributed by atoms with van der Waals surface area (Å²) in [5.41, 5.74) is 6.62. The molecule has 7 nitrogen and oxygen atoms in total. The van der Waals surface area contributed by atoms with Gasteiger partial charge in [-0.3, -0.25) is 14.5 Å². The molecule has 33 heavy (non-hydrogen) atoms. The number of aromatic amines is 1. The van der Waals surface area contributed by atoms with E-state index in [0.29, 0.717) is 33.5 Å². The molecule has 5 rings (SSSR count). The molecule has 0 bridgehead atoms. The fraction of sp³-hybridized carbons (Fsp3) is 0.192. The predicted octanol–water partition coefficient (Wildman–Crippen LogP) is 3.18. The Kier molecular flexibility index (Phi) is 4.61. The Morgan fingerprint density at radius 2 is 1.79 bits per heavy atom. The van der Waals surface area contributed by atoms with Gasteiger partial charge in [-0.1, -0.05) is 54.6 Å². The van der Waals surface area contributed by atoms with Gasteiger partial charge >= 0.3 is 0 Å². The van der Waals surface area contributed by atoms with E-state index in [1.54, 1.807) is 50.2 Å². The van der Waals surface area contributed by atoms with E-state index < -0.39 is 17.0 Å². The van der Waals surface area contributed by atoms with Gasteiger partial charge in [0.25, 0.3) is 5.91 Å². The molecule has 166 valence electrons. The Bertz CT molecular complexity index is 1390. The number of rotatable bonds is 5. The molecule has 2 heterocycles. The Morgan fingerprint density at radius 1 is 1.09 bits per heavy atom. The van der Waals surface area contributed by atoms with Gasteiger partial charge in [0.1, 0.15) is 11.2 Å². The van der Waals surface area contributed by atoms with Gasteiger partial charge in [0, 0.05) is 23.2 Å². The second kappa shape index (κ2) is 7.28. The third-order valence-electron chi connectivity index (χ3n) is 6.44. The number of aliphatic hydroxyl groups is 1. The van der Waals surface area contributed by atoms with Crippen LogP contribution in [-0.2, 0) is 22.5 Å². The SMILES string of the molecule is CC(C)(C(N)=O)c1nc2ccc(C3(O)c4ccccc4C(=O)N3Cc3ccccc3)cc2[nH]1. The fourth-order valence-corrected chi connectivity index (χ4v) is 4.31. The van der Waals surface area contributed by atoms with Crippen LogP contribution in [0.15, 0.2) is 72.8 Å². The first-order chi connectivity index (χ1) is 15.7. The molecular formula is C26H24N4O3. The smallest absolute Gasteiger partial charge is 0.257 e. The first-order valence-corrected chi connectivity index (χ1v) is 10.7. The largest absolute Gasteiger partial charge is 0.369 e. The Labute approximate surface area is 190 Å². The van der Waals surface area contributed by atoms with E-state index in [9.17, 15) is 14.7 Å². The van der Waals surface area contributed by atoms with Crippen molar-refractivity contribution in [3.63, 3.8) is 0 Å². The lowest BCUT2D eigenvalue weighted by Gasteiger charge is -2.35. The molecule has 0 aliphatic carbocycles.